The van der Waals surface area contributed by atoms with Crippen LogP contribution in [0.3, 0.4) is 0 Å². The van der Waals surface area contributed by atoms with Gasteiger partial charge in [-0.2, -0.15) is 13.2 Å². The fourth-order valence-corrected chi connectivity index (χ4v) is 0.556. The first-order valence-electron chi connectivity index (χ1n) is 2.65. The molecule has 1 rings (SSSR count). The van der Waals surface area contributed by atoms with E-state index in [0.29, 0.717) is 0 Å². The molecule has 0 saturated heterocycles. The quantitative estimate of drug-likeness (QED) is 0.599. The topological polar surface area (TPSA) is 51.0 Å². The second-order valence-corrected chi connectivity index (χ2v) is 1.87. The Hall–Kier alpha value is -1.14. The molecule has 0 fully saturated rings. The van der Waals surface area contributed by atoms with Crippen LogP contribution in [-0.4, -0.2) is 18.5 Å². The van der Waals surface area contributed by atoms with Gasteiger partial charge in [0.25, 0.3) is 0 Å². The number of hydrogen-bond acceptors (Lipinski definition) is 3. The molecule has 0 N–H and O–H groups in total. The van der Waals surface area contributed by atoms with Crippen molar-refractivity contribution < 1.29 is 22.7 Å². The van der Waals surface area contributed by atoms with Crippen molar-refractivity contribution in [2.24, 2.45) is 10.2 Å². The third-order valence-corrected chi connectivity index (χ3v) is 0.911. The van der Waals surface area contributed by atoms with E-state index in [0.717, 1.165) is 0 Å². The van der Waals surface area contributed by atoms with E-state index < -0.39 is 24.9 Å². The molecule has 7 heteroatoms. The van der Waals surface area contributed by atoms with Crippen LogP contribution < -0.4 is 0 Å². The Morgan fingerprint density at radius 3 is 2.55 bits per heavy atom. The summed E-state index contributed by atoms with van der Waals surface area (Å²) < 4.78 is 38.7. The number of carbonyl (C=O) groups excluding carboxylic acids is 1. The van der Waals surface area contributed by atoms with Gasteiger partial charge in [-0.15, -0.1) is 5.11 Å². The maximum atomic E-state index is 11.5. The summed E-state index contributed by atoms with van der Waals surface area (Å²) in [6.45, 7) is 0. The highest BCUT2D eigenvalue weighted by molar-refractivity contribution is 5.68. The number of amides is 1. The van der Waals surface area contributed by atoms with Crippen molar-refractivity contribution in [3.8, 4) is 0 Å². The highest BCUT2D eigenvalue weighted by Crippen LogP contribution is 2.25. The van der Waals surface area contributed by atoms with Gasteiger partial charge in [0.2, 0.25) is 6.23 Å². The van der Waals surface area contributed by atoms with Crippen LogP contribution in [0.1, 0.15) is 6.42 Å². The Labute approximate surface area is 59.0 Å². The predicted molar refractivity (Wildman–Crippen MR) is 25.8 cm³/mol. The van der Waals surface area contributed by atoms with Crippen molar-refractivity contribution in [3.63, 3.8) is 0 Å². The van der Waals surface area contributed by atoms with E-state index in [1.54, 1.807) is 0 Å². The third kappa shape index (κ3) is 2.52. The Balaban J connectivity index is 2.42. The second kappa shape index (κ2) is 2.48. The number of rotatable bonds is 1. The number of azo groups is 1. The molecule has 11 heavy (non-hydrogen) atoms. The number of cyclic esters (lactones) is 1. The molecular formula is C4H3F3N2O2. The van der Waals surface area contributed by atoms with Crippen LogP contribution in [0.4, 0.5) is 18.0 Å². The molecule has 1 aliphatic heterocycles. The lowest BCUT2D eigenvalue weighted by Gasteiger charge is -2.07. The standard InChI is InChI=1S/C4H3F3N2O2/c5-4(6,7)1-2-8-9-3(10)11-2/h2H,1H2. The summed E-state index contributed by atoms with van der Waals surface area (Å²) in [5.41, 5.74) is 0. The van der Waals surface area contributed by atoms with E-state index in [4.69, 9.17) is 0 Å². The number of alkyl halides is 3. The largest absolute Gasteiger partial charge is 0.454 e. The third-order valence-electron chi connectivity index (χ3n) is 0.911. The minimum absolute atomic E-state index is 1.07. The SMILES string of the molecule is O=C1N=NC(CC(F)(F)F)O1. The smallest absolute Gasteiger partial charge is 0.419 e. The number of nitrogens with zero attached hydrogens (tertiary/aromatic N) is 2. The lowest BCUT2D eigenvalue weighted by molar-refractivity contribution is -0.150. The van der Waals surface area contributed by atoms with Gasteiger partial charge in [-0.05, 0) is 0 Å². The van der Waals surface area contributed by atoms with Crippen LogP contribution in [0.25, 0.3) is 0 Å². The summed E-state index contributed by atoms with van der Waals surface area (Å²) >= 11 is 0. The van der Waals surface area contributed by atoms with Gasteiger partial charge in [0, 0.05) is 0 Å². The average molecular weight is 168 g/mol. The Bertz CT molecular complexity index is 200. The first-order valence-corrected chi connectivity index (χ1v) is 2.65. The van der Waals surface area contributed by atoms with Crippen molar-refractivity contribution in [1.82, 2.24) is 0 Å². The van der Waals surface area contributed by atoms with Gasteiger partial charge in [-0.1, -0.05) is 5.11 Å². The minimum Gasteiger partial charge on any atom is -0.419 e. The maximum absolute atomic E-state index is 11.5. The molecule has 1 heterocycles. The van der Waals surface area contributed by atoms with Crippen molar-refractivity contribution >= 4 is 6.09 Å². The number of halogens is 3. The molecule has 0 aromatic carbocycles. The normalized spacial score (nSPS) is 23.9. The molecule has 1 unspecified atom stereocenters. The summed E-state index contributed by atoms with van der Waals surface area (Å²) in [7, 11) is 0. The minimum atomic E-state index is -4.38. The van der Waals surface area contributed by atoms with Crippen molar-refractivity contribution in [1.29, 1.82) is 0 Å². The lowest BCUT2D eigenvalue weighted by atomic mass is 10.4. The molecule has 0 aliphatic carbocycles. The van der Waals surface area contributed by atoms with Gasteiger partial charge < -0.3 is 4.74 Å². The zero-order chi connectivity index (χ0) is 8.48. The highest BCUT2D eigenvalue weighted by Gasteiger charge is 2.36. The number of hydrogen-bond donors (Lipinski definition) is 0. The van der Waals surface area contributed by atoms with Crippen molar-refractivity contribution in [2.75, 3.05) is 0 Å². The lowest BCUT2D eigenvalue weighted by Crippen LogP contribution is -2.18. The van der Waals surface area contributed by atoms with Crippen LogP contribution in [0.15, 0.2) is 10.2 Å². The molecule has 1 atom stereocenters. The van der Waals surface area contributed by atoms with Gasteiger partial charge in [0.15, 0.2) is 0 Å². The van der Waals surface area contributed by atoms with Crippen LogP contribution >= 0.6 is 0 Å². The van der Waals surface area contributed by atoms with Gasteiger partial charge >= 0.3 is 12.3 Å². The molecule has 1 aliphatic rings. The summed E-state index contributed by atoms with van der Waals surface area (Å²) in [5.74, 6) is 0. The molecule has 0 spiro atoms. The first-order chi connectivity index (χ1) is 4.97. The zero-order valence-corrected chi connectivity index (χ0v) is 5.13. The van der Waals surface area contributed by atoms with Gasteiger partial charge in [-0.3, -0.25) is 0 Å². The van der Waals surface area contributed by atoms with Crippen LogP contribution in [-0.2, 0) is 4.74 Å². The Morgan fingerprint density at radius 2 is 2.18 bits per heavy atom. The predicted octanol–water partition coefficient (Wildman–Crippen LogP) is 1.87. The maximum Gasteiger partial charge on any atom is 0.454 e. The molecular weight excluding hydrogens is 165 g/mol. The zero-order valence-electron chi connectivity index (χ0n) is 5.13. The van der Waals surface area contributed by atoms with E-state index in [1.165, 1.54) is 0 Å². The van der Waals surface area contributed by atoms with E-state index >= 15 is 0 Å². The number of ether oxygens (including phenoxy) is 1. The van der Waals surface area contributed by atoms with E-state index in [9.17, 15) is 18.0 Å². The van der Waals surface area contributed by atoms with E-state index in [2.05, 4.69) is 15.0 Å². The molecule has 1 amide bonds. The molecule has 0 aromatic rings. The van der Waals surface area contributed by atoms with Crippen LogP contribution in [0, 0.1) is 0 Å². The summed E-state index contributed by atoms with van der Waals surface area (Å²) in [6.07, 6.45) is -8.21. The molecule has 0 radical (unpaired) electrons. The van der Waals surface area contributed by atoms with Gasteiger partial charge in [0.1, 0.15) is 6.42 Å². The van der Waals surface area contributed by atoms with E-state index in [-0.39, 0.29) is 0 Å². The molecule has 4 nitrogen and oxygen atoms in total. The van der Waals surface area contributed by atoms with E-state index in [1.807, 2.05) is 0 Å². The molecule has 62 valence electrons. The summed E-state index contributed by atoms with van der Waals surface area (Å²) in [4.78, 5) is 10.1. The first kappa shape index (κ1) is 7.96. The van der Waals surface area contributed by atoms with Gasteiger partial charge in [0.05, 0.1) is 0 Å². The monoisotopic (exact) mass is 168 g/mol. The molecule has 0 aromatic heterocycles. The highest BCUT2D eigenvalue weighted by atomic mass is 19.4. The van der Waals surface area contributed by atoms with Gasteiger partial charge in [-0.25, -0.2) is 4.79 Å². The Kier molecular flexibility index (Phi) is 1.79. The second-order valence-electron chi connectivity index (χ2n) is 1.87. The summed E-state index contributed by atoms with van der Waals surface area (Å²) in [6, 6.07) is 0. The number of carbonyl (C=O) groups is 1. The van der Waals surface area contributed by atoms with Crippen LogP contribution in [0.2, 0.25) is 0 Å². The molecule has 0 saturated carbocycles. The fourth-order valence-electron chi connectivity index (χ4n) is 0.556. The fraction of sp³-hybridized carbons (Fsp3) is 0.750. The summed E-state index contributed by atoms with van der Waals surface area (Å²) in [5, 5.41) is 5.70. The molecule has 0 bridgehead atoms. The van der Waals surface area contributed by atoms with Crippen molar-refractivity contribution in [3.05, 3.63) is 0 Å². The van der Waals surface area contributed by atoms with Crippen LogP contribution in [0.5, 0.6) is 0 Å². The average Bonchev–Trinajstić information content (AvgIpc) is 2.10. The van der Waals surface area contributed by atoms with Crippen molar-refractivity contribution in [2.45, 2.75) is 18.8 Å². The Morgan fingerprint density at radius 1 is 1.55 bits per heavy atom.